The molecule has 0 fully saturated rings. The molecule has 5 unspecified atom stereocenters. The zero-order valence-electron chi connectivity index (χ0n) is 87.1. The van der Waals surface area contributed by atoms with E-state index in [1.54, 1.807) is 22.3 Å². The van der Waals surface area contributed by atoms with Crippen molar-refractivity contribution in [3.63, 3.8) is 0 Å². The van der Waals surface area contributed by atoms with Crippen LogP contribution in [0.2, 0.25) is 0 Å². The first-order valence-corrected chi connectivity index (χ1v) is 63.7. The van der Waals surface area contributed by atoms with Crippen LogP contribution >= 0.6 is 136 Å². The molecule has 2 aliphatic heterocycles. The monoisotopic (exact) mass is 2110 g/mol. The quantitative estimate of drug-likeness (QED) is 0.0216. The van der Waals surface area contributed by atoms with E-state index in [0.29, 0.717) is 51.1 Å². The number of benzene rings is 4. The second kappa shape index (κ2) is 45.1. The van der Waals surface area contributed by atoms with E-state index < -0.39 is 16.2 Å². The maximum atomic E-state index is 16.3. The summed E-state index contributed by atoms with van der Waals surface area (Å²) >= 11 is 22.8. The van der Waals surface area contributed by atoms with Crippen molar-refractivity contribution < 1.29 is 19.2 Å². The molecule has 0 N–H and O–H groups in total. The Labute approximate surface area is 894 Å². The van der Waals surface area contributed by atoms with Crippen LogP contribution in [0.25, 0.3) is 122 Å². The average Bonchev–Trinajstić information content (AvgIpc) is 1.53. The van der Waals surface area contributed by atoms with Crippen LogP contribution in [0, 0.1) is 23.7 Å². The van der Waals surface area contributed by atoms with Gasteiger partial charge in [-0.1, -0.05) is 339 Å². The van der Waals surface area contributed by atoms with Gasteiger partial charge in [-0.05, 0) is 153 Å². The smallest absolute Gasteiger partial charge is 0.271 e. The van der Waals surface area contributed by atoms with Crippen molar-refractivity contribution in [3.05, 3.63) is 217 Å². The number of fused-ring (bicyclic) bond motifs is 10. The topological polar surface area (TPSA) is 74.8 Å². The van der Waals surface area contributed by atoms with Gasteiger partial charge >= 0.3 is 0 Å². The maximum Gasteiger partial charge on any atom is 0.271 e. The lowest BCUT2D eigenvalue weighted by Crippen LogP contribution is -2.39. The highest BCUT2D eigenvalue weighted by molar-refractivity contribution is 7.34. The van der Waals surface area contributed by atoms with Crippen molar-refractivity contribution in [2.75, 3.05) is 13.1 Å². The van der Waals surface area contributed by atoms with Crippen molar-refractivity contribution in [1.29, 1.82) is 0 Å². The Morgan fingerprint density at radius 1 is 0.303 bits per heavy atom. The molecule has 142 heavy (non-hydrogen) atoms. The van der Waals surface area contributed by atoms with E-state index in [1.807, 2.05) is 113 Å². The molecule has 6 nitrogen and oxygen atoms in total. The fraction of sp³-hybridized carbons (Fsp3) is 0.468. The largest absolute Gasteiger partial charge is 0.274 e. The van der Waals surface area contributed by atoms with Gasteiger partial charge in [0.2, 0.25) is 0 Å². The Bertz CT molecular complexity index is 6990. The summed E-state index contributed by atoms with van der Waals surface area (Å²) in [5, 5.41) is 7.03. The lowest BCUT2D eigenvalue weighted by atomic mass is 9.65. The van der Waals surface area contributed by atoms with E-state index in [9.17, 15) is 4.79 Å². The summed E-state index contributed by atoms with van der Waals surface area (Å²) in [6.45, 7) is 45.2. The summed E-state index contributed by atoms with van der Waals surface area (Å²) in [7, 11) is 0. The molecule has 18 heteroatoms. The highest BCUT2D eigenvalue weighted by Crippen LogP contribution is 2.65. The number of thiophene rings is 12. The molecule has 0 bridgehead atoms. The van der Waals surface area contributed by atoms with Gasteiger partial charge in [-0.15, -0.1) is 143 Å². The number of rotatable bonds is 51. The predicted octanol–water partition coefficient (Wildman–Crippen LogP) is 42.0. The normalized spacial score (nSPS) is 15.1. The molecule has 16 aromatic rings. The predicted molar refractivity (Wildman–Crippen MR) is 634 cm³/mol. The number of hydrogen-bond acceptors (Lipinski definition) is 16. The molecular weight excluding hydrogens is 1970 g/mol. The number of carbonyl (C=O) groups excluding carboxylic acids is 4. The Morgan fingerprint density at radius 2 is 0.669 bits per heavy atom. The third kappa shape index (κ3) is 19.8. The standard InChI is InChI=1S/C124H146N2O4S12/c1-19-31-37-38-39-46-66-126-118(128)103-101-111(139-113(103)120(126)130)109(93-71-86-98(90-60-56-82(132-90)68-76(28-10)48-33-21-3)108-88(74-96(138-108)123(17,63-25-7)79-51-42-40-43-52-79)100(106(86)135-93)92-62-58-84(134-92)70-78(30-12)50-35-23-5)141-115(101)122(15,16)121(13,14)95-73-87-99(91-61-57-83(133-91)69-77(29-11)49-34-22-4)105-85(97(107(87)137-95)89-59-55-81(131-89)67-75(27-9)47-32-20-2)72-94(136-105)110-112-102(104-114(140-112)119(129)125(65-26-8)117(104)127)116(142-110)124(18,64-36-24-6)80-53-44-41-45-54-80/h26,40-45,51-62,71-78H,8,19-25,27-39,46-50,63-70H2,1-7,9-18H3/t75?,76?,77?,78?,123-,124?/m1/s1. The molecule has 4 amide bonds. The van der Waals surface area contributed by atoms with E-state index in [0.717, 1.165) is 147 Å². The van der Waals surface area contributed by atoms with Crippen LogP contribution in [0.5, 0.6) is 0 Å². The maximum absolute atomic E-state index is 16.3. The Morgan fingerprint density at radius 3 is 1.08 bits per heavy atom. The fourth-order valence-corrected chi connectivity index (χ4v) is 39.5. The van der Waals surface area contributed by atoms with E-state index in [1.165, 1.54) is 240 Å². The van der Waals surface area contributed by atoms with Gasteiger partial charge in [-0.3, -0.25) is 29.0 Å². The Kier molecular flexibility index (Phi) is 33.3. The van der Waals surface area contributed by atoms with Gasteiger partial charge in [0.25, 0.3) is 23.6 Å². The van der Waals surface area contributed by atoms with Gasteiger partial charge in [0.15, 0.2) is 0 Å². The fourth-order valence-electron chi connectivity index (χ4n) is 22.9. The van der Waals surface area contributed by atoms with Crippen molar-refractivity contribution in [2.45, 2.75) is 338 Å². The third-order valence-corrected chi connectivity index (χ3v) is 48.1. The summed E-state index contributed by atoms with van der Waals surface area (Å²) in [6, 6.07) is 52.5. The molecule has 0 radical (unpaired) electrons. The lowest BCUT2D eigenvalue weighted by Gasteiger charge is -2.41. The summed E-state index contributed by atoms with van der Waals surface area (Å²) in [6.07, 6.45) is 36.5. The van der Waals surface area contributed by atoms with Gasteiger partial charge < -0.3 is 0 Å². The first-order chi connectivity index (χ1) is 68.8. The molecule has 6 atom stereocenters. The second-order valence-electron chi connectivity index (χ2n) is 42.5. The molecule has 0 aliphatic carbocycles. The van der Waals surface area contributed by atoms with E-state index in [-0.39, 0.29) is 35.6 Å². The van der Waals surface area contributed by atoms with Gasteiger partial charge in [0.05, 0.1) is 30.3 Å². The molecule has 12 aromatic heterocycles. The average molecular weight is 2110 g/mol. The molecular formula is C124H146N2O4S12. The number of imide groups is 2. The Balaban J connectivity index is 0.880. The molecule has 18 rings (SSSR count). The summed E-state index contributed by atoms with van der Waals surface area (Å²) < 4.78 is 7.28. The first-order valence-electron chi connectivity index (χ1n) is 53.9. The minimum absolute atomic E-state index is 0.141. The molecule has 748 valence electrons. The van der Waals surface area contributed by atoms with Crippen molar-refractivity contribution >= 4 is 220 Å². The second-order valence-corrected chi connectivity index (χ2v) is 55.5. The van der Waals surface area contributed by atoms with E-state index in [4.69, 9.17) is 0 Å². The third-order valence-electron chi connectivity index (χ3n) is 32.5. The zero-order valence-corrected chi connectivity index (χ0v) is 96.9. The van der Waals surface area contributed by atoms with Crippen LogP contribution in [0.3, 0.4) is 0 Å². The van der Waals surface area contributed by atoms with Gasteiger partial charge in [0, 0.05) is 176 Å². The van der Waals surface area contributed by atoms with Crippen LogP contribution in [-0.4, -0.2) is 46.5 Å². The van der Waals surface area contributed by atoms with Crippen LogP contribution in [-0.2, 0) is 47.3 Å². The first kappa shape index (κ1) is 105. The van der Waals surface area contributed by atoms with E-state index in [2.05, 4.69) is 258 Å². The Hall–Kier alpha value is -7.14. The number of hydrogen-bond donors (Lipinski definition) is 0. The summed E-state index contributed by atoms with van der Waals surface area (Å²) in [5.41, 5.74) is 6.96. The van der Waals surface area contributed by atoms with Crippen molar-refractivity contribution in [2.24, 2.45) is 23.7 Å². The van der Waals surface area contributed by atoms with Crippen LogP contribution in [0.1, 0.15) is 381 Å². The van der Waals surface area contributed by atoms with Crippen molar-refractivity contribution in [1.82, 2.24) is 9.80 Å². The van der Waals surface area contributed by atoms with Crippen LogP contribution in [0.15, 0.2) is 146 Å². The number of nitrogens with zero attached hydrogens (tertiary/aromatic N) is 2. The summed E-state index contributed by atoms with van der Waals surface area (Å²) in [5.74, 6) is 1.67. The molecule has 4 aromatic carbocycles. The SMILES string of the molecule is C=CCN1C(=O)c2sc3c(-c4cc5c(-c6ccc(CC(CC)CCCC)s6)c6sc(C(C)(C)C(C)(C)c7sc(-c8cc9c(-c%10ccc(CC(CC)CCCC)s%10)c%10sc([C@](C)(CCC)c%11ccccc%11)cc%10c(-c%10ccc(CC(CC)CCCC)s%10)c9s8)c8sc9c(c78)C(=O)N(CCCCCCCC)C9=O)cc6c(-c6ccc(CC(CC)CCCC)s6)c5s4)sc(C(C)(CCCC)c4ccccc4)c3c2C1=O. The van der Waals surface area contributed by atoms with Crippen LogP contribution in [0.4, 0.5) is 0 Å². The highest BCUT2D eigenvalue weighted by atomic mass is 32.1. The number of unbranched alkanes of at least 4 members (excludes halogenated alkanes) is 10. The lowest BCUT2D eigenvalue weighted by molar-refractivity contribution is 0.0645. The van der Waals surface area contributed by atoms with E-state index >= 15 is 14.4 Å². The number of carbonyl (C=O) groups is 4. The van der Waals surface area contributed by atoms with Gasteiger partial charge in [0.1, 0.15) is 9.75 Å². The van der Waals surface area contributed by atoms with Crippen molar-refractivity contribution in [3.8, 4) is 61.3 Å². The van der Waals surface area contributed by atoms with Gasteiger partial charge in [-0.2, -0.15) is 0 Å². The minimum atomic E-state index is -0.671. The summed E-state index contributed by atoms with van der Waals surface area (Å²) in [4.78, 5) is 87.0. The molecule has 0 saturated heterocycles. The molecule has 2 aliphatic rings. The minimum Gasteiger partial charge on any atom is -0.274 e. The molecule has 14 heterocycles. The molecule has 0 spiro atoms. The highest BCUT2D eigenvalue weighted by Gasteiger charge is 2.50. The van der Waals surface area contributed by atoms with Crippen LogP contribution < -0.4 is 0 Å². The number of amides is 4. The van der Waals surface area contributed by atoms with Gasteiger partial charge in [-0.25, -0.2) is 0 Å². The zero-order chi connectivity index (χ0) is 99.8. The molecule has 0 saturated carbocycles.